The second-order valence-corrected chi connectivity index (χ2v) is 5.66. The van der Waals surface area contributed by atoms with E-state index in [0.29, 0.717) is 5.56 Å². The summed E-state index contributed by atoms with van der Waals surface area (Å²) in [4.78, 5) is 0.153. The van der Waals surface area contributed by atoms with E-state index < -0.39 is 9.84 Å². The number of benzene rings is 1. The molecule has 0 spiro atoms. The average molecular weight is 261 g/mol. The van der Waals surface area contributed by atoms with Crippen molar-refractivity contribution < 1.29 is 8.42 Å². The lowest BCUT2D eigenvalue weighted by Crippen LogP contribution is -1.98. The van der Waals surface area contributed by atoms with Gasteiger partial charge in [-0.3, -0.25) is 0 Å². The van der Waals surface area contributed by atoms with Gasteiger partial charge >= 0.3 is 0 Å². The Balaban J connectivity index is 3.12. The fourth-order valence-corrected chi connectivity index (χ4v) is 1.68. The van der Waals surface area contributed by atoms with Gasteiger partial charge in [0.2, 0.25) is 0 Å². The molecule has 4 heteroatoms. The fourth-order valence-electron chi connectivity index (χ4n) is 0.850. The number of rotatable bonds is 2. The van der Waals surface area contributed by atoms with Crippen LogP contribution in [0.15, 0.2) is 35.3 Å². The maximum absolute atomic E-state index is 11.1. The predicted octanol–water partition coefficient (Wildman–Crippen LogP) is 2.46. The van der Waals surface area contributed by atoms with E-state index in [-0.39, 0.29) is 4.91 Å². The van der Waals surface area contributed by atoms with Gasteiger partial charge in [0, 0.05) is 10.7 Å². The van der Waals surface area contributed by atoms with Crippen LogP contribution in [0.3, 0.4) is 0 Å². The molecule has 0 aliphatic heterocycles. The minimum absolute atomic E-state index is 0.153. The van der Waals surface area contributed by atoms with E-state index in [1.807, 2.05) is 0 Å². The van der Waals surface area contributed by atoms with Crippen molar-refractivity contribution in [1.82, 2.24) is 0 Å². The number of sulfone groups is 1. The molecular weight excluding hydrogens is 252 g/mol. The van der Waals surface area contributed by atoms with Gasteiger partial charge in [-0.2, -0.15) is 0 Å². The summed E-state index contributed by atoms with van der Waals surface area (Å²) in [6, 6.07) is 7.00. The van der Waals surface area contributed by atoms with E-state index in [1.54, 1.807) is 24.3 Å². The van der Waals surface area contributed by atoms with E-state index in [4.69, 9.17) is 0 Å². The normalized spacial score (nSPS) is 11.2. The van der Waals surface area contributed by atoms with E-state index in [2.05, 4.69) is 22.5 Å². The van der Waals surface area contributed by atoms with Crippen molar-refractivity contribution in [3.63, 3.8) is 0 Å². The quantitative estimate of drug-likeness (QED) is 0.819. The maximum atomic E-state index is 11.1. The topological polar surface area (TPSA) is 34.1 Å². The molecule has 0 saturated carbocycles. The van der Waals surface area contributed by atoms with Gasteiger partial charge in [0.1, 0.15) is 0 Å². The molecule has 0 N–H and O–H groups in total. The van der Waals surface area contributed by atoms with Crippen LogP contribution in [0.4, 0.5) is 0 Å². The maximum Gasteiger partial charge on any atom is 0.175 e. The molecule has 0 heterocycles. The molecule has 0 radical (unpaired) electrons. The molecule has 13 heavy (non-hydrogen) atoms. The van der Waals surface area contributed by atoms with Crippen LogP contribution in [-0.2, 0) is 9.84 Å². The second kappa shape index (κ2) is 3.64. The van der Waals surface area contributed by atoms with Gasteiger partial charge in [-0.05, 0) is 17.7 Å². The van der Waals surface area contributed by atoms with Crippen molar-refractivity contribution in [1.29, 1.82) is 0 Å². The fraction of sp³-hybridized carbons (Fsp3) is 0.111. The largest absolute Gasteiger partial charge is 0.224 e. The molecule has 2 nitrogen and oxygen atoms in total. The highest BCUT2D eigenvalue weighted by Crippen LogP contribution is 2.20. The first-order chi connectivity index (χ1) is 5.91. The van der Waals surface area contributed by atoms with Gasteiger partial charge in [0.15, 0.2) is 9.84 Å². The lowest BCUT2D eigenvalue weighted by atomic mass is 10.2. The minimum Gasteiger partial charge on any atom is -0.224 e. The Morgan fingerprint density at radius 3 is 2.15 bits per heavy atom. The molecule has 0 saturated heterocycles. The molecule has 0 aliphatic rings. The van der Waals surface area contributed by atoms with E-state index in [9.17, 15) is 8.42 Å². The van der Waals surface area contributed by atoms with Crippen LogP contribution in [0.2, 0.25) is 0 Å². The first-order valence-electron chi connectivity index (χ1n) is 3.56. The van der Waals surface area contributed by atoms with Gasteiger partial charge < -0.3 is 0 Å². The van der Waals surface area contributed by atoms with Gasteiger partial charge in [-0.15, -0.1) is 0 Å². The highest BCUT2D eigenvalue weighted by Gasteiger charge is 2.09. The molecule has 1 aromatic carbocycles. The van der Waals surface area contributed by atoms with Crippen LogP contribution in [0.1, 0.15) is 5.56 Å². The zero-order chi connectivity index (χ0) is 10.1. The molecule has 0 aromatic heterocycles. The third-order valence-corrected chi connectivity index (χ3v) is 3.27. The highest BCUT2D eigenvalue weighted by atomic mass is 79.9. The zero-order valence-corrected chi connectivity index (χ0v) is 9.52. The van der Waals surface area contributed by atoms with Crippen molar-refractivity contribution in [3.8, 4) is 0 Å². The summed E-state index contributed by atoms with van der Waals surface area (Å²) in [5.74, 6) is 0. The molecule has 0 unspecified atom stereocenters. The van der Waals surface area contributed by atoms with Crippen LogP contribution in [-0.4, -0.2) is 14.7 Å². The molecule has 70 valence electrons. The smallest absolute Gasteiger partial charge is 0.175 e. The Morgan fingerprint density at radius 1 is 1.31 bits per heavy atom. The Hall–Kier alpha value is -0.610. The van der Waals surface area contributed by atoms with E-state index in [0.717, 1.165) is 10.7 Å². The van der Waals surface area contributed by atoms with Crippen molar-refractivity contribution in [2.45, 2.75) is 0 Å². The standard InChI is InChI=1S/C9H9BrO2S/c1-7(13(2,11)12)8-3-5-9(10)6-4-8/h3-6H,1H2,2H3. The minimum atomic E-state index is -3.18. The first-order valence-corrected chi connectivity index (χ1v) is 6.24. The van der Waals surface area contributed by atoms with E-state index in [1.165, 1.54) is 0 Å². The zero-order valence-electron chi connectivity index (χ0n) is 7.12. The Kier molecular flexibility index (Phi) is 2.93. The summed E-state index contributed by atoms with van der Waals surface area (Å²) < 4.78 is 23.1. The second-order valence-electron chi connectivity index (χ2n) is 2.70. The highest BCUT2D eigenvalue weighted by molar-refractivity contribution is 9.10. The SMILES string of the molecule is C=C(c1ccc(Br)cc1)S(C)(=O)=O. The third kappa shape index (κ3) is 2.67. The molecule has 0 aliphatic carbocycles. The lowest BCUT2D eigenvalue weighted by Gasteiger charge is -2.02. The number of halogens is 1. The number of hydrogen-bond acceptors (Lipinski definition) is 2. The van der Waals surface area contributed by atoms with Crippen LogP contribution < -0.4 is 0 Å². The molecule has 0 amide bonds. The van der Waals surface area contributed by atoms with Gasteiger partial charge in [0.05, 0.1) is 4.91 Å². The van der Waals surface area contributed by atoms with Gasteiger partial charge in [0.25, 0.3) is 0 Å². The molecule has 1 rings (SSSR count). The van der Waals surface area contributed by atoms with Gasteiger partial charge in [-0.1, -0.05) is 34.6 Å². The summed E-state index contributed by atoms with van der Waals surface area (Å²) in [6.07, 6.45) is 1.15. The van der Waals surface area contributed by atoms with E-state index >= 15 is 0 Å². The molecule has 0 bridgehead atoms. The summed E-state index contributed by atoms with van der Waals surface area (Å²) in [6.45, 7) is 3.52. The Morgan fingerprint density at radius 2 is 1.77 bits per heavy atom. The van der Waals surface area contributed by atoms with Crippen LogP contribution >= 0.6 is 15.9 Å². The van der Waals surface area contributed by atoms with Crippen molar-refractivity contribution in [2.24, 2.45) is 0 Å². The van der Waals surface area contributed by atoms with Gasteiger partial charge in [-0.25, -0.2) is 8.42 Å². The third-order valence-electron chi connectivity index (χ3n) is 1.61. The molecule has 0 fully saturated rings. The lowest BCUT2D eigenvalue weighted by molar-refractivity contribution is 0.611. The Bertz CT molecular complexity index is 417. The van der Waals surface area contributed by atoms with Crippen molar-refractivity contribution >= 4 is 30.7 Å². The number of hydrogen-bond donors (Lipinski definition) is 0. The predicted molar refractivity (Wildman–Crippen MR) is 58.0 cm³/mol. The molecule has 1 aromatic rings. The van der Waals surface area contributed by atoms with Crippen molar-refractivity contribution in [2.75, 3.05) is 6.26 Å². The van der Waals surface area contributed by atoms with Crippen LogP contribution in [0, 0.1) is 0 Å². The van der Waals surface area contributed by atoms with Crippen LogP contribution in [0.5, 0.6) is 0 Å². The summed E-state index contributed by atoms with van der Waals surface area (Å²) in [5.41, 5.74) is 0.630. The summed E-state index contributed by atoms with van der Waals surface area (Å²) in [5, 5.41) is 0. The monoisotopic (exact) mass is 260 g/mol. The molecule has 0 atom stereocenters. The molecular formula is C9H9BrO2S. The summed E-state index contributed by atoms with van der Waals surface area (Å²) >= 11 is 3.27. The van der Waals surface area contributed by atoms with Crippen molar-refractivity contribution in [3.05, 3.63) is 40.9 Å². The average Bonchev–Trinajstić information content (AvgIpc) is 2.03. The van der Waals surface area contributed by atoms with Crippen LogP contribution in [0.25, 0.3) is 4.91 Å². The summed E-state index contributed by atoms with van der Waals surface area (Å²) in [7, 11) is -3.18. The first kappa shape index (κ1) is 10.5. The Labute approximate surface area is 86.3 Å².